The summed E-state index contributed by atoms with van der Waals surface area (Å²) >= 11 is 0. The van der Waals surface area contributed by atoms with Crippen molar-refractivity contribution < 1.29 is 0 Å². The van der Waals surface area contributed by atoms with Gasteiger partial charge in [-0.1, -0.05) is 39.5 Å². The molecule has 0 fully saturated rings. The summed E-state index contributed by atoms with van der Waals surface area (Å²) in [6.07, 6.45) is 11.2. The van der Waals surface area contributed by atoms with Gasteiger partial charge < -0.3 is 4.57 Å². The Balaban J connectivity index is 2.50. The van der Waals surface area contributed by atoms with Crippen LogP contribution in [0.25, 0.3) is 0 Å². The van der Waals surface area contributed by atoms with Crippen LogP contribution in [-0.4, -0.2) is 9.55 Å². The van der Waals surface area contributed by atoms with Crippen molar-refractivity contribution in [2.75, 3.05) is 0 Å². The zero-order chi connectivity index (χ0) is 12.5. The molecule has 1 aromatic rings. The van der Waals surface area contributed by atoms with Gasteiger partial charge in [-0.25, -0.2) is 10.4 Å². The topological polar surface area (TPSA) is 55.9 Å². The molecule has 0 amide bonds. The predicted molar refractivity (Wildman–Crippen MR) is 71.3 cm³/mol. The highest BCUT2D eigenvalue weighted by molar-refractivity contribution is 4.99. The molecule has 0 aliphatic heterocycles. The van der Waals surface area contributed by atoms with Crippen molar-refractivity contribution in [3.8, 4) is 0 Å². The Hall–Kier alpha value is -0.870. The van der Waals surface area contributed by atoms with Gasteiger partial charge in [0.2, 0.25) is 0 Å². The summed E-state index contributed by atoms with van der Waals surface area (Å²) in [5.74, 6) is 6.72. The van der Waals surface area contributed by atoms with E-state index in [-0.39, 0.29) is 6.04 Å². The summed E-state index contributed by atoms with van der Waals surface area (Å²) in [7, 11) is 0. The molecule has 0 aliphatic rings. The van der Waals surface area contributed by atoms with Gasteiger partial charge in [-0.3, -0.25) is 5.84 Å². The minimum Gasteiger partial charge on any atom is -0.334 e. The van der Waals surface area contributed by atoms with Crippen LogP contribution in [0.3, 0.4) is 0 Å². The van der Waals surface area contributed by atoms with Crippen molar-refractivity contribution in [1.29, 1.82) is 0 Å². The first kappa shape index (κ1) is 14.2. The van der Waals surface area contributed by atoms with Crippen LogP contribution in [0.5, 0.6) is 0 Å². The predicted octanol–water partition coefficient (Wildman–Crippen LogP) is 2.77. The van der Waals surface area contributed by atoms with E-state index in [1.165, 1.54) is 25.7 Å². The van der Waals surface area contributed by atoms with E-state index in [4.69, 9.17) is 5.84 Å². The maximum atomic E-state index is 5.64. The number of hydrogen-bond acceptors (Lipinski definition) is 3. The first-order valence-corrected chi connectivity index (χ1v) is 6.80. The highest BCUT2D eigenvalue weighted by atomic mass is 15.3. The fraction of sp³-hybridized carbons (Fsp3) is 0.769. The van der Waals surface area contributed by atoms with Gasteiger partial charge in [0.15, 0.2) is 0 Å². The number of unbranched alkanes of at least 4 members (excludes halogenated alkanes) is 3. The SMILES string of the molecule is CCCCCCC(NN)c1nccn1CCC. The third kappa shape index (κ3) is 4.48. The van der Waals surface area contributed by atoms with Crippen LogP contribution in [0.4, 0.5) is 0 Å². The van der Waals surface area contributed by atoms with Gasteiger partial charge in [-0.15, -0.1) is 0 Å². The fourth-order valence-electron chi connectivity index (χ4n) is 2.12. The molecule has 1 aromatic heterocycles. The van der Waals surface area contributed by atoms with E-state index in [2.05, 4.69) is 28.8 Å². The molecule has 0 spiro atoms. The van der Waals surface area contributed by atoms with Crippen LogP contribution in [0, 0.1) is 0 Å². The fourth-order valence-corrected chi connectivity index (χ4v) is 2.12. The molecule has 1 heterocycles. The van der Waals surface area contributed by atoms with Crippen molar-refractivity contribution in [2.45, 2.75) is 65.0 Å². The second kappa shape index (κ2) is 8.25. The van der Waals surface area contributed by atoms with Gasteiger partial charge in [0.25, 0.3) is 0 Å². The lowest BCUT2D eigenvalue weighted by molar-refractivity contribution is 0.441. The largest absolute Gasteiger partial charge is 0.334 e. The number of hydrazine groups is 1. The summed E-state index contributed by atoms with van der Waals surface area (Å²) in [6.45, 7) is 5.42. The molecule has 0 aliphatic carbocycles. The molecule has 4 nitrogen and oxygen atoms in total. The average molecular weight is 238 g/mol. The second-order valence-corrected chi connectivity index (χ2v) is 4.55. The average Bonchev–Trinajstić information content (AvgIpc) is 2.78. The molecular formula is C13H26N4. The Labute approximate surface area is 105 Å². The number of hydrogen-bond donors (Lipinski definition) is 2. The first-order chi connectivity index (χ1) is 8.33. The monoisotopic (exact) mass is 238 g/mol. The lowest BCUT2D eigenvalue weighted by atomic mass is 10.1. The van der Waals surface area contributed by atoms with E-state index in [0.29, 0.717) is 0 Å². The standard InChI is InChI=1S/C13H26N4/c1-3-5-6-7-8-12(16-14)13-15-9-11-17(13)10-4-2/h9,11-12,16H,3-8,10,14H2,1-2H3. The van der Waals surface area contributed by atoms with Crippen LogP contribution in [0.15, 0.2) is 12.4 Å². The number of nitrogens with two attached hydrogens (primary N) is 1. The zero-order valence-electron chi connectivity index (χ0n) is 11.2. The molecular weight excluding hydrogens is 212 g/mol. The maximum Gasteiger partial charge on any atom is 0.127 e. The van der Waals surface area contributed by atoms with Crippen molar-refractivity contribution in [2.24, 2.45) is 5.84 Å². The molecule has 3 N–H and O–H groups in total. The third-order valence-corrected chi connectivity index (χ3v) is 3.07. The molecule has 0 radical (unpaired) electrons. The summed E-state index contributed by atoms with van der Waals surface area (Å²) < 4.78 is 2.20. The summed E-state index contributed by atoms with van der Waals surface area (Å²) in [5.41, 5.74) is 2.90. The van der Waals surface area contributed by atoms with E-state index in [1.54, 1.807) is 0 Å². The summed E-state index contributed by atoms with van der Waals surface area (Å²) in [4.78, 5) is 4.43. The molecule has 0 saturated heterocycles. The number of rotatable bonds is 9. The number of nitrogens with one attached hydrogen (secondary N) is 1. The van der Waals surface area contributed by atoms with Crippen molar-refractivity contribution in [3.05, 3.63) is 18.2 Å². The van der Waals surface area contributed by atoms with Crippen LogP contribution in [0.1, 0.15) is 64.2 Å². The molecule has 1 atom stereocenters. The lowest BCUT2D eigenvalue weighted by Gasteiger charge is -2.17. The van der Waals surface area contributed by atoms with E-state index in [9.17, 15) is 0 Å². The van der Waals surface area contributed by atoms with Gasteiger partial charge >= 0.3 is 0 Å². The van der Waals surface area contributed by atoms with Gasteiger partial charge in [-0.2, -0.15) is 0 Å². The Morgan fingerprint density at radius 3 is 2.76 bits per heavy atom. The summed E-state index contributed by atoms with van der Waals surface area (Å²) in [6, 6.07) is 0.188. The van der Waals surface area contributed by atoms with Gasteiger partial charge in [0.1, 0.15) is 5.82 Å². The van der Waals surface area contributed by atoms with Gasteiger partial charge in [-0.05, 0) is 12.8 Å². The van der Waals surface area contributed by atoms with Gasteiger partial charge in [0.05, 0.1) is 6.04 Å². The van der Waals surface area contributed by atoms with Crippen LogP contribution >= 0.6 is 0 Å². The minimum absolute atomic E-state index is 0.188. The molecule has 17 heavy (non-hydrogen) atoms. The molecule has 98 valence electrons. The van der Waals surface area contributed by atoms with Crippen molar-refractivity contribution >= 4 is 0 Å². The van der Waals surface area contributed by atoms with Crippen molar-refractivity contribution in [1.82, 2.24) is 15.0 Å². The van der Waals surface area contributed by atoms with Crippen LogP contribution in [0.2, 0.25) is 0 Å². The minimum atomic E-state index is 0.188. The number of aryl methyl sites for hydroxylation is 1. The highest BCUT2D eigenvalue weighted by Gasteiger charge is 2.14. The van der Waals surface area contributed by atoms with E-state index in [0.717, 1.165) is 25.2 Å². The van der Waals surface area contributed by atoms with Crippen LogP contribution in [-0.2, 0) is 6.54 Å². The second-order valence-electron chi connectivity index (χ2n) is 4.55. The number of aromatic nitrogens is 2. The molecule has 0 bridgehead atoms. The maximum absolute atomic E-state index is 5.64. The van der Waals surface area contributed by atoms with E-state index in [1.807, 2.05) is 12.4 Å². The number of nitrogens with zero attached hydrogens (tertiary/aromatic N) is 2. The Kier molecular flexibility index (Phi) is 6.89. The lowest BCUT2D eigenvalue weighted by Crippen LogP contribution is -2.30. The smallest absolute Gasteiger partial charge is 0.127 e. The number of imidazole rings is 1. The molecule has 1 unspecified atom stereocenters. The quantitative estimate of drug-likeness (QED) is 0.395. The molecule has 4 heteroatoms. The zero-order valence-corrected chi connectivity index (χ0v) is 11.2. The van der Waals surface area contributed by atoms with E-state index >= 15 is 0 Å². The Bertz CT molecular complexity index is 295. The van der Waals surface area contributed by atoms with Crippen molar-refractivity contribution in [3.63, 3.8) is 0 Å². The molecule has 1 rings (SSSR count). The Morgan fingerprint density at radius 2 is 2.12 bits per heavy atom. The van der Waals surface area contributed by atoms with Gasteiger partial charge in [0, 0.05) is 18.9 Å². The normalized spacial score (nSPS) is 12.9. The molecule has 0 saturated carbocycles. The summed E-state index contributed by atoms with van der Waals surface area (Å²) in [5, 5.41) is 0. The third-order valence-electron chi connectivity index (χ3n) is 3.07. The molecule has 0 aromatic carbocycles. The van der Waals surface area contributed by atoms with E-state index < -0.39 is 0 Å². The van der Waals surface area contributed by atoms with Crippen LogP contribution < -0.4 is 11.3 Å². The Morgan fingerprint density at radius 1 is 1.29 bits per heavy atom. The highest BCUT2D eigenvalue weighted by Crippen LogP contribution is 2.18. The first-order valence-electron chi connectivity index (χ1n) is 6.80.